The van der Waals surface area contributed by atoms with Crippen LogP contribution in [0.15, 0.2) is 62.6 Å². The maximum atomic E-state index is 12.4. The van der Waals surface area contributed by atoms with Gasteiger partial charge in [-0.05, 0) is 55.5 Å². The Hall–Kier alpha value is -2.60. The Labute approximate surface area is 157 Å². The number of benzene rings is 2. The average Bonchev–Trinajstić information content (AvgIpc) is 2.62. The van der Waals surface area contributed by atoms with Crippen molar-refractivity contribution in [1.29, 1.82) is 0 Å². The van der Waals surface area contributed by atoms with Crippen LogP contribution in [0.5, 0.6) is 5.75 Å². The minimum Gasteiger partial charge on any atom is -0.422 e. The second-order valence-corrected chi connectivity index (χ2v) is 8.32. The van der Waals surface area contributed by atoms with Crippen molar-refractivity contribution in [1.82, 2.24) is 0 Å². The van der Waals surface area contributed by atoms with E-state index >= 15 is 0 Å². The minimum atomic E-state index is -3.94. The molecular weight excluding hydrogens is 364 g/mol. The van der Waals surface area contributed by atoms with E-state index in [4.69, 9.17) is 8.60 Å². The standard InChI is InChI=1S/C21H20O5S/c22-21-19-11-7-2-1-6-10-17(19)18-13-12-15(14-20(18)25-21)26-27(23,24)16-8-4-3-5-9-16/h3-5,8-9,12-14H,1-2,6-7,10-11H2. The third-order valence-electron chi connectivity index (χ3n) is 4.93. The second kappa shape index (κ2) is 7.19. The Balaban J connectivity index is 1.75. The molecule has 0 atom stereocenters. The molecule has 3 aromatic rings. The van der Waals surface area contributed by atoms with Crippen LogP contribution in [0.1, 0.15) is 36.8 Å². The lowest BCUT2D eigenvalue weighted by molar-refractivity contribution is 0.484. The molecule has 1 aliphatic rings. The van der Waals surface area contributed by atoms with Gasteiger partial charge in [0.25, 0.3) is 0 Å². The SMILES string of the molecule is O=c1oc2cc(OS(=O)(=O)c3ccccc3)ccc2c2c1CCCCCC2. The Kier molecular flexibility index (Phi) is 4.74. The Morgan fingerprint density at radius 2 is 1.56 bits per heavy atom. The molecule has 0 unspecified atom stereocenters. The van der Waals surface area contributed by atoms with Crippen molar-refractivity contribution in [2.75, 3.05) is 0 Å². The summed E-state index contributed by atoms with van der Waals surface area (Å²) in [6, 6.07) is 12.8. The molecule has 0 radical (unpaired) electrons. The molecule has 0 saturated heterocycles. The van der Waals surface area contributed by atoms with Gasteiger partial charge < -0.3 is 8.60 Å². The third-order valence-corrected chi connectivity index (χ3v) is 6.19. The predicted octanol–water partition coefficient (Wildman–Crippen LogP) is 4.22. The van der Waals surface area contributed by atoms with Gasteiger partial charge in [0.15, 0.2) is 0 Å². The fourth-order valence-corrected chi connectivity index (χ4v) is 4.54. The maximum Gasteiger partial charge on any atom is 0.339 e. The van der Waals surface area contributed by atoms with Crippen molar-refractivity contribution < 1.29 is 17.0 Å². The van der Waals surface area contributed by atoms with Gasteiger partial charge in [-0.1, -0.05) is 31.0 Å². The van der Waals surface area contributed by atoms with Crippen molar-refractivity contribution in [3.63, 3.8) is 0 Å². The van der Waals surface area contributed by atoms with Crippen molar-refractivity contribution in [2.45, 2.75) is 43.4 Å². The highest BCUT2D eigenvalue weighted by molar-refractivity contribution is 7.87. The molecule has 0 fully saturated rings. The molecule has 0 saturated carbocycles. The molecule has 5 nitrogen and oxygen atoms in total. The Morgan fingerprint density at radius 1 is 0.852 bits per heavy atom. The van der Waals surface area contributed by atoms with Crippen LogP contribution in [0.3, 0.4) is 0 Å². The van der Waals surface area contributed by atoms with Gasteiger partial charge in [-0.25, -0.2) is 4.79 Å². The quantitative estimate of drug-likeness (QED) is 0.499. The zero-order chi connectivity index (χ0) is 18.9. The molecular formula is C21H20O5S. The van der Waals surface area contributed by atoms with E-state index in [1.54, 1.807) is 30.3 Å². The van der Waals surface area contributed by atoms with Gasteiger partial charge in [-0.3, -0.25) is 0 Å². The lowest BCUT2D eigenvalue weighted by atomic mass is 9.92. The monoisotopic (exact) mass is 384 g/mol. The van der Waals surface area contributed by atoms with Crippen LogP contribution in [-0.4, -0.2) is 8.42 Å². The summed E-state index contributed by atoms with van der Waals surface area (Å²) >= 11 is 0. The summed E-state index contributed by atoms with van der Waals surface area (Å²) in [5.74, 6) is 0.125. The van der Waals surface area contributed by atoms with Gasteiger partial charge in [0.2, 0.25) is 0 Å². The second-order valence-electron chi connectivity index (χ2n) is 6.77. The summed E-state index contributed by atoms with van der Waals surface area (Å²) in [6.45, 7) is 0. The molecule has 27 heavy (non-hydrogen) atoms. The molecule has 0 aliphatic heterocycles. The van der Waals surface area contributed by atoms with Crippen molar-refractivity contribution in [2.24, 2.45) is 0 Å². The summed E-state index contributed by atoms with van der Waals surface area (Å²) in [5.41, 5.74) is 1.81. The van der Waals surface area contributed by atoms with Crippen molar-refractivity contribution in [3.05, 3.63) is 70.1 Å². The molecule has 0 amide bonds. The fraction of sp³-hybridized carbons (Fsp3) is 0.286. The molecule has 0 bridgehead atoms. The van der Waals surface area contributed by atoms with E-state index in [1.165, 1.54) is 18.2 Å². The summed E-state index contributed by atoms with van der Waals surface area (Å²) in [5, 5.41) is 0.857. The highest BCUT2D eigenvalue weighted by Crippen LogP contribution is 2.29. The van der Waals surface area contributed by atoms with Crippen LogP contribution in [-0.2, 0) is 23.0 Å². The number of fused-ring (bicyclic) bond motifs is 3. The van der Waals surface area contributed by atoms with E-state index in [2.05, 4.69) is 0 Å². The maximum absolute atomic E-state index is 12.4. The topological polar surface area (TPSA) is 73.6 Å². The van der Waals surface area contributed by atoms with Gasteiger partial charge in [0.1, 0.15) is 16.2 Å². The lowest BCUT2D eigenvalue weighted by Crippen LogP contribution is -2.14. The van der Waals surface area contributed by atoms with E-state index < -0.39 is 10.1 Å². The van der Waals surface area contributed by atoms with Crippen LogP contribution >= 0.6 is 0 Å². The number of aryl methyl sites for hydroxylation is 1. The van der Waals surface area contributed by atoms with Crippen LogP contribution in [0.25, 0.3) is 11.0 Å². The van der Waals surface area contributed by atoms with Gasteiger partial charge in [0, 0.05) is 17.0 Å². The third kappa shape index (κ3) is 3.62. The zero-order valence-electron chi connectivity index (χ0n) is 14.8. The van der Waals surface area contributed by atoms with E-state index in [0.29, 0.717) is 5.58 Å². The molecule has 0 spiro atoms. The van der Waals surface area contributed by atoms with Crippen LogP contribution < -0.4 is 9.81 Å². The first-order chi connectivity index (χ1) is 13.0. The number of hydrogen-bond donors (Lipinski definition) is 0. The molecule has 0 N–H and O–H groups in total. The lowest BCUT2D eigenvalue weighted by Gasteiger charge is -2.15. The first-order valence-electron chi connectivity index (χ1n) is 9.13. The molecule has 2 aromatic carbocycles. The normalized spacial score (nSPS) is 15.0. The van der Waals surface area contributed by atoms with Crippen LogP contribution in [0.4, 0.5) is 0 Å². The fourth-order valence-electron chi connectivity index (χ4n) is 3.59. The van der Waals surface area contributed by atoms with Gasteiger partial charge >= 0.3 is 15.7 Å². The highest BCUT2D eigenvalue weighted by Gasteiger charge is 2.19. The molecule has 140 valence electrons. The Bertz CT molecular complexity index is 1130. The first kappa shape index (κ1) is 17.8. The summed E-state index contributed by atoms with van der Waals surface area (Å²) in [7, 11) is -3.94. The highest BCUT2D eigenvalue weighted by atomic mass is 32.2. The molecule has 1 aliphatic carbocycles. The number of hydrogen-bond acceptors (Lipinski definition) is 5. The Morgan fingerprint density at radius 3 is 2.30 bits per heavy atom. The predicted molar refractivity (Wildman–Crippen MR) is 103 cm³/mol. The van der Waals surface area contributed by atoms with Crippen LogP contribution in [0, 0.1) is 0 Å². The van der Waals surface area contributed by atoms with E-state index in [0.717, 1.165) is 55.0 Å². The minimum absolute atomic E-state index is 0.0738. The largest absolute Gasteiger partial charge is 0.422 e. The van der Waals surface area contributed by atoms with Crippen molar-refractivity contribution in [3.8, 4) is 5.75 Å². The molecule has 4 rings (SSSR count). The summed E-state index contributed by atoms with van der Waals surface area (Å²) in [4.78, 5) is 12.5. The number of rotatable bonds is 3. The molecule has 6 heteroatoms. The zero-order valence-corrected chi connectivity index (χ0v) is 15.6. The molecule has 1 aromatic heterocycles. The van der Waals surface area contributed by atoms with E-state index in [1.807, 2.05) is 0 Å². The van der Waals surface area contributed by atoms with Crippen LogP contribution in [0.2, 0.25) is 0 Å². The smallest absolute Gasteiger partial charge is 0.339 e. The van der Waals surface area contributed by atoms with E-state index in [9.17, 15) is 13.2 Å². The van der Waals surface area contributed by atoms with Crippen molar-refractivity contribution >= 4 is 21.1 Å². The molecule has 1 heterocycles. The van der Waals surface area contributed by atoms with Gasteiger partial charge in [-0.2, -0.15) is 8.42 Å². The first-order valence-corrected chi connectivity index (χ1v) is 10.5. The summed E-state index contributed by atoms with van der Waals surface area (Å²) < 4.78 is 35.5. The summed E-state index contributed by atoms with van der Waals surface area (Å²) in [6.07, 6.45) is 5.86. The van der Waals surface area contributed by atoms with Gasteiger partial charge in [-0.15, -0.1) is 0 Å². The van der Waals surface area contributed by atoms with E-state index in [-0.39, 0.29) is 16.3 Å². The van der Waals surface area contributed by atoms with Gasteiger partial charge in [0.05, 0.1) is 0 Å². The average molecular weight is 384 g/mol.